The number of Topliss-reactive ketones (excluding diaryl/α,β-unsaturated/α-hetero) is 1. The lowest BCUT2D eigenvalue weighted by molar-refractivity contribution is 0.102. The summed E-state index contributed by atoms with van der Waals surface area (Å²) in [6, 6.07) is 11.2. The molecule has 0 saturated carbocycles. The fourth-order valence-electron chi connectivity index (χ4n) is 2.94. The second-order valence-corrected chi connectivity index (χ2v) is 5.63. The van der Waals surface area contributed by atoms with Crippen LogP contribution < -0.4 is 14.2 Å². The second kappa shape index (κ2) is 6.79. The highest BCUT2D eigenvalue weighted by atomic mass is 16.5. The van der Waals surface area contributed by atoms with Gasteiger partial charge in [0.1, 0.15) is 17.2 Å². The Labute approximate surface area is 141 Å². The molecule has 2 aromatic carbocycles. The van der Waals surface area contributed by atoms with E-state index in [0.717, 1.165) is 40.2 Å². The molecule has 0 aliphatic heterocycles. The van der Waals surface area contributed by atoms with Crippen LogP contribution >= 0.6 is 0 Å². The molecule has 0 unspecified atom stereocenters. The van der Waals surface area contributed by atoms with Crippen LogP contribution in [-0.4, -0.2) is 27.1 Å². The number of ether oxygens (including phenoxy) is 3. The highest BCUT2D eigenvalue weighted by Crippen LogP contribution is 2.32. The fraction of sp³-hybridized carbons (Fsp3) is 0.250. The van der Waals surface area contributed by atoms with E-state index in [0.29, 0.717) is 12.2 Å². The van der Waals surface area contributed by atoms with Crippen molar-refractivity contribution in [3.8, 4) is 17.2 Å². The minimum Gasteiger partial charge on any atom is -0.497 e. The number of methoxy groups -OCH3 is 3. The molecule has 1 aliphatic rings. The quantitative estimate of drug-likeness (QED) is 0.800. The van der Waals surface area contributed by atoms with Crippen LogP contribution in [0.15, 0.2) is 42.0 Å². The zero-order valence-corrected chi connectivity index (χ0v) is 14.1. The molecule has 2 aromatic rings. The van der Waals surface area contributed by atoms with E-state index in [-0.39, 0.29) is 5.78 Å². The minimum atomic E-state index is 0.0665. The zero-order valence-electron chi connectivity index (χ0n) is 14.1. The molecule has 0 amide bonds. The number of carbonyl (C=O) groups excluding carboxylic acids is 1. The molecule has 3 rings (SSSR count). The summed E-state index contributed by atoms with van der Waals surface area (Å²) in [6.45, 7) is 0. The van der Waals surface area contributed by atoms with Crippen molar-refractivity contribution in [2.24, 2.45) is 0 Å². The lowest BCUT2D eigenvalue weighted by atomic mass is 9.86. The zero-order chi connectivity index (χ0) is 17.1. The summed E-state index contributed by atoms with van der Waals surface area (Å²) in [7, 11) is 4.86. The van der Waals surface area contributed by atoms with E-state index in [1.54, 1.807) is 21.3 Å². The van der Waals surface area contributed by atoms with Crippen LogP contribution in [-0.2, 0) is 6.42 Å². The SMILES string of the molecule is COc1ccc2c(c1)CCC(=Cc1ccc(OC)cc1OC)C2=O. The van der Waals surface area contributed by atoms with Gasteiger partial charge < -0.3 is 14.2 Å². The first-order valence-corrected chi connectivity index (χ1v) is 7.80. The van der Waals surface area contributed by atoms with E-state index >= 15 is 0 Å². The predicted octanol–water partition coefficient (Wildman–Crippen LogP) is 3.92. The molecule has 4 heteroatoms. The van der Waals surface area contributed by atoms with Crippen molar-refractivity contribution < 1.29 is 19.0 Å². The Bertz CT molecular complexity index is 805. The van der Waals surface area contributed by atoms with Gasteiger partial charge in [0, 0.05) is 22.8 Å². The summed E-state index contributed by atoms with van der Waals surface area (Å²) < 4.78 is 15.9. The van der Waals surface area contributed by atoms with Gasteiger partial charge in [-0.3, -0.25) is 4.79 Å². The predicted molar refractivity (Wildman–Crippen MR) is 93.2 cm³/mol. The van der Waals surface area contributed by atoms with E-state index in [4.69, 9.17) is 14.2 Å². The third-order valence-electron chi connectivity index (χ3n) is 4.28. The van der Waals surface area contributed by atoms with Crippen LogP contribution in [0.3, 0.4) is 0 Å². The molecule has 0 saturated heterocycles. The first kappa shape index (κ1) is 16.1. The summed E-state index contributed by atoms with van der Waals surface area (Å²) >= 11 is 0. The van der Waals surface area contributed by atoms with Gasteiger partial charge in [0.05, 0.1) is 21.3 Å². The molecule has 0 fully saturated rings. The van der Waals surface area contributed by atoms with Crippen LogP contribution in [0.5, 0.6) is 17.2 Å². The fourth-order valence-corrected chi connectivity index (χ4v) is 2.94. The monoisotopic (exact) mass is 324 g/mol. The Morgan fingerprint density at radius 2 is 1.58 bits per heavy atom. The number of hydrogen-bond acceptors (Lipinski definition) is 4. The third kappa shape index (κ3) is 3.00. The summed E-state index contributed by atoms with van der Waals surface area (Å²) in [5.41, 5.74) is 3.45. The molecule has 0 radical (unpaired) electrons. The number of benzene rings is 2. The molecule has 0 heterocycles. The molecule has 4 nitrogen and oxygen atoms in total. The molecule has 0 bridgehead atoms. The van der Waals surface area contributed by atoms with Gasteiger partial charge in [0.25, 0.3) is 0 Å². The van der Waals surface area contributed by atoms with Crippen molar-refractivity contribution in [2.45, 2.75) is 12.8 Å². The van der Waals surface area contributed by atoms with Crippen LogP contribution in [0.4, 0.5) is 0 Å². The Kier molecular flexibility index (Phi) is 4.56. The first-order valence-electron chi connectivity index (χ1n) is 7.80. The van der Waals surface area contributed by atoms with E-state index in [2.05, 4.69) is 0 Å². The number of aryl methyl sites for hydroxylation is 1. The van der Waals surface area contributed by atoms with Crippen molar-refractivity contribution in [3.05, 3.63) is 58.7 Å². The summed E-state index contributed by atoms with van der Waals surface area (Å²) in [6.07, 6.45) is 3.44. The molecule has 0 atom stereocenters. The Hall–Kier alpha value is -2.75. The van der Waals surface area contributed by atoms with E-state index < -0.39 is 0 Å². The lowest BCUT2D eigenvalue weighted by Gasteiger charge is -2.18. The molecule has 124 valence electrons. The van der Waals surface area contributed by atoms with Crippen LogP contribution in [0.25, 0.3) is 6.08 Å². The number of hydrogen-bond donors (Lipinski definition) is 0. The normalized spacial score (nSPS) is 15.1. The minimum absolute atomic E-state index is 0.0665. The molecule has 24 heavy (non-hydrogen) atoms. The van der Waals surface area contributed by atoms with Gasteiger partial charge in [-0.1, -0.05) is 0 Å². The highest BCUT2D eigenvalue weighted by Gasteiger charge is 2.22. The lowest BCUT2D eigenvalue weighted by Crippen LogP contribution is -2.14. The first-order chi connectivity index (χ1) is 11.7. The van der Waals surface area contributed by atoms with Gasteiger partial charge in [-0.05, 0) is 54.8 Å². The molecule has 1 aliphatic carbocycles. The largest absolute Gasteiger partial charge is 0.497 e. The number of rotatable bonds is 4. The van der Waals surface area contributed by atoms with Crippen LogP contribution in [0.2, 0.25) is 0 Å². The summed E-state index contributed by atoms with van der Waals surface area (Å²) in [5.74, 6) is 2.26. The summed E-state index contributed by atoms with van der Waals surface area (Å²) in [4.78, 5) is 12.8. The van der Waals surface area contributed by atoms with Gasteiger partial charge in [0.2, 0.25) is 0 Å². The Morgan fingerprint density at radius 3 is 2.29 bits per heavy atom. The maximum atomic E-state index is 12.8. The molecule has 0 aromatic heterocycles. The van der Waals surface area contributed by atoms with Gasteiger partial charge >= 0.3 is 0 Å². The van der Waals surface area contributed by atoms with E-state index in [1.165, 1.54) is 0 Å². The van der Waals surface area contributed by atoms with Gasteiger partial charge in [0.15, 0.2) is 5.78 Å². The standard InChI is InChI=1S/C20H20O4/c1-22-16-8-9-18-13(11-16)4-5-15(20(18)21)10-14-6-7-17(23-2)12-19(14)24-3/h6-12H,4-5H2,1-3H3. The maximum absolute atomic E-state index is 12.8. The Morgan fingerprint density at radius 1 is 0.875 bits per heavy atom. The Balaban J connectivity index is 1.96. The van der Waals surface area contributed by atoms with Gasteiger partial charge in [-0.15, -0.1) is 0 Å². The number of allylic oxidation sites excluding steroid dienone is 1. The number of carbonyl (C=O) groups is 1. The topological polar surface area (TPSA) is 44.8 Å². The molecule has 0 spiro atoms. The van der Waals surface area contributed by atoms with Gasteiger partial charge in [-0.2, -0.15) is 0 Å². The van der Waals surface area contributed by atoms with Gasteiger partial charge in [-0.25, -0.2) is 0 Å². The molecule has 0 N–H and O–H groups in total. The van der Waals surface area contributed by atoms with Crippen molar-refractivity contribution in [1.82, 2.24) is 0 Å². The number of ketones is 1. The van der Waals surface area contributed by atoms with Crippen LogP contribution in [0.1, 0.15) is 27.9 Å². The van der Waals surface area contributed by atoms with Crippen molar-refractivity contribution in [3.63, 3.8) is 0 Å². The third-order valence-corrected chi connectivity index (χ3v) is 4.28. The van der Waals surface area contributed by atoms with E-state index in [1.807, 2.05) is 42.5 Å². The maximum Gasteiger partial charge on any atom is 0.189 e. The molecular weight excluding hydrogens is 304 g/mol. The number of fused-ring (bicyclic) bond motifs is 1. The summed E-state index contributed by atoms with van der Waals surface area (Å²) in [5, 5.41) is 0. The average molecular weight is 324 g/mol. The van der Waals surface area contributed by atoms with Crippen LogP contribution in [0, 0.1) is 0 Å². The smallest absolute Gasteiger partial charge is 0.189 e. The molecular formula is C20H20O4. The second-order valence-electron chi connectivity index (χ2n) is 5.63. The van der Waals surface area contributed by atoms with E-state index in [9.17, 15) is 4.79 Å². The van der Waals surface area contributed by atoms with Crippen molar-refractivity contribution >= 4 is 11.9 Å². The highest BCUT2D eigenvalue weighted by molar-refractivity contribution is 6.13. The van der Waals surface area contributed by atoms with Crippen molar-refractivity contribution in [1.29, 1.82) is 0 Å². The average Bonchev–Trinajstić information content (AvgIpc) is 2.63. The van der Waals surface area contributed by atoms with Crippen molar-refractivity contribution in [2.75, 3.05) is 21.3 Å².